The quantitative estimate of drug-likeness (QED) is 0.427. The summed E-state index contributed by atoms with van der Waals surface area (Å²) in [6, 6.07) is 25.1. The first-order valence-corrected chi connectivity index (χ1v) is 11.1. The molecule has 1 amide bonds. The molecule has 2 N–H and O–H groups in total. The zero-order chi connectivity index (χ0) is 23.5. The van der Waals surface area contributed by atoms with E-state index in [1.807, 2.05) is 92.7 Å². The summed E-state index contributed by atoms with van der Waals surface area (Å²) in [6.45, 7) is 4.34. The number of aryl methyl sites for hydroxylation is 1. The Morgan fingerprint density at radius 3 is 2.50 bits per heavy atom. The van der Waals surface area contributed by atoms with Gasteiger partial charge in [0, 0.05) is 11.4 Å². The average molecular weight is 452 g/mol. The van der Waals surface area contributed by atoms with E-state index in [1.54, 1.807) is 4.68 Å². The molecule has 4 aromatic rings. The number of nitrogens with zero attached hydrogens (tertiary/aromatic N) is 3. The van der Waals surface area contributed by atoms with Crippen molar-refractivity contribution in [2.24, 2.45) is 0 Å². The summed E-state index contributed by atoms with van der Waals surface area (Å²) in [5.74, 6) is 1.17. The van der Waals surface area contributed by atoms with E-state index in [4.69, 9.17) is 4.74 Å². The zero-order valence-electron chi connectivity index (χ0n) is 19.0. The van der Waals surface area contributed by atoms with Crippen molar-refractivity contribution in [2.45, 2.75) is 26.5 Å². The third-order valence-corrected chi connectivity index (χ3v) is 5.88. The number of allylic oxidation sites excluding steroid dienone is 1. The number of anilines is 2. The van der Waals surface area contributed by atoms with Gasteiger partial charge >= 0.3 is 0 Å². The van der Waals surface area contributed by atoms with Crippen LogP contribution >= 0.6 is 0 Å². The van der Waals surface area contributed by atoms with Crippen molar-refractivity contribution < 1.29 is 9.53 Å². The van der Waals surface area contributed by atoms with Crippen LogP contribution in [0.2, 0.25) is 0 Å². The number of carbonyl (C=O) groups excluding carboxylic acids is 1. The van der Waals surface area contributed by atoms with Crippen molar-refractivity contribution in [3.63, 3.8) is 0 Å². The lowest BCUT2D eigenvalue weighted by Gasteiger charge is -2.29. The van der Waals surface area contributed by atoms with Gasteiger partial charge in [0.05, 0.1) is 5.57 Å². The van der Waals surface area contributed by atoms with Gasteiger partial charge in [-0.25, -0.2) is 4.68 Å². The lowest BCUT2D eigenvalue weighted by Crippen LogP contribution is -2.31. The fraction of sp³-hybridized carbons (Fsp3) is 0.148. The predicted octanol–water partition coefficient (Wildman–Crippen LogP) is 5.09. The molecule has 0 aliphatic carbocycles. The Balaban J connectivity index is 1.43. The number of carbonyl (C=O) groups is 1. The molecule has 1 aliphatic heterocycles. The topological polar surface area (TPSA) is 81.1 Å². The van der Waals surface area contributed by atoms with Gasteiger partial charge in [-0.15, -0.1) is 0 Å². The molecule has 1 aromatic heterocycles. The molecule has 0 radical (unpaired) electrons. The SMILES string of the molecule is CC1=C(C(=O)Nc2ccccc2C)[C@H](c2ccc(OCc3ccccc3)cc2)n2ncnc2N1. The monoisotopic (exact) mass is 451 g/mol. The van der Waals surface area contributed by atoms with Gasteiger partial charge in [0.15, 0.2) is 0 Å². The Kier molecular flexibility index (Phi) is 5.82. The predicted molar refractivity (Wildman–Crippen MR) is 132 cm³/mol. The van der Waals surface area contributed by atoms with Gasteiger partial charge < -0.3 is 15.4 Å². The lowest BCUT2D eigenvalue weighted by molar-refractivity contribution is -0.113. The minimum atomic E-state index is -0.425. The van der Waals surface area contributed by atoms with Gasteiger partial charge in [-0.1, -0.05) is 60.7 Å². The molecule has 0 bridgehead atoms. The molecular formula is C27H25N5O2. The number of hydrogen-bond donors (Lipinski definition) is 2. The van der Waals surface area contributed by atoms with Crippen LogP contribution in [0.1, 0.15) is 29.7 Å². The molecule has 1 aliphatic rings. The second kappa shape index (κ2) is 9.23. The zero-order valence-corrected chi connectivity index (χ0v) is 19.0. The van der Waals surface area contributed by atoms with Crippen molar-refractivity contribution in [1.29, 1.82) is 0 Å². The van der Waals surface area contributed by atoms with Crippen LogP contribution in [-0.2, 0) is 11.4 Å². The number of hydrogen-bond acceptors (Lipinski definition) is 5. The van der Waals surface area contributed by atoms with Crippen molar-refractivity contribution in [3.05, 3.63) is 113 Å². The number of benzene rings is 3. The van der Waals surface area contributed by atoms with Crippen molar-refractivity contribution >= 4 is 17.5 Å². The average Bonchev–Trinajstić information content (AvgIpc) is 3.32. The molecule has 2 heterocycles. The third-order valence-electron chi connectivity index (χ3n) is 5.88. The Morgan fingerprint density at radius 2 is 1.74 bits per heavy atom. The first-order valence-electron chi connectivity index (χ1n) is 11.1. The summed E-state index contributed by atoms with van der Waals surface area (Å²) in [4.78, 5) is 17.8. The number of fused-ring (bicyclic) bond motifs is 1. The normalized spacial score (nSPS) is 14.8. The fourth-order valence-corrected chi connectivity index (χ4v) is 4.08. The molecule has 0 unspecified atom stereocenters. The summed E-state index contributed by atoms with van der Waals surface area (Å²) in [5.41, 5.74) is 5.11. The summed E-state index contributed by atoms with van der Waals surface area (Å²) in [5, 5.41) is 10.7. The molecule has 1 atom stereocenters. The second-order valence-corrected chi connectivity index (χ2v) is 8.21. The van der Waals surface area contributed by atoms with E-state index in [0.29, 0.717) is 18.1 Å². The molecule has 34 heavy (non-hydrogen) atoms. The van der Waals surface area contributed by atoms with Gasteiger partial charge in [0.25, 0.3) is 5.91 Å². The Hall–Kier alpha value is -4.39. The fourth-order valence-electron chi connectivity index (χ4n) is 4.08. The number of amides is 1. The molecule has 7 nitrogen and oxygen atoms in total. The Bertz CT molecular complexity index is 1340. The van der Waals surface area contributed by atoms with Crippen LogP contribution in [0, 0.1) is 6.92 Å². The van der Waals surface area contributed by atoms with Crippen molar-refractivity contribution in [3.8, 4) is 5.75 Å². The van der Waals surface area contributed by atoms with Crippen LogP contribution in [0.4, 0.5) is 11.6 Å². The minimum Gasteiger partial charge on any atom is -0.489 e. The van der Waals surface area contributed by atoms with E-state index >= 15 is 0 Å². The van der Waals surface area contributed by atoms with Gasteiger partial charge in [0.2, 0.25) is 5.95 Å². The highest BCUT2D eigenvalue weighted by atomic mass is 16.5. The third kappa shape index (κ3) is 4.28. The highest BCUT2D eigenvalue weighted by Gasteiger charge is 2.33. The van der Waals surface area contributed by atoms with Crippen LogP contribution < -0.4 is 15.4 Å². The van der Waals surface area contributed by atoms with Crippen molar-refractivity contribution in [2.75, 3.05) is 10.6 Å². The number of aromatic nitrogens is 3. The summed E-state index contributed by atoms with van der Waals surface area (Å²) < 4.78 is 7.67. The largest absolute Gasteiger partial charge is 0.489 e. The van der Waals surface area contributed by atoms with E-state index in [-0.39, 0.29) is 5.91 Å². The molecule has 0 fully saturated rings. The lowest BCUT2D eigenvalue weighted by atomic mass is 9.95. The second-order valence-electron chi connectivity index (χ2n) is 8.21. The van der Waals surface area contributed by atoms with E-state index in [2.05, 4.69) is 20.7 Å². The number of nitrogens with one attached hydrogen (secondary N) is 2. The van der Waals surface area contributed by atoms with Crippen molar-refractivity contribution in [1.82, 2.24) is 14.8 Å². The maximum absolute atomic E-state index is 13.5. The molecule has 0 saturated carbocycles. The highest BCUT2D eigenvalue weighted by molar-refractivity contribution is 6.06. The summed E-state index contributed by atoms with van der Waals surface area (Å²) >= 11 is 0. The first-order chi connectivity index (χ1) is 16.6. The molecule has 3 aromatic carbocycles. The molecule has 0 saturated heterocycles. The molecule has 7 heteroatoms. The molecule has 5 rings (SSSR count). The number of para-hydroxylation sites is 1. The summed E-state index contributed by atoms with van der Waals surface area (Å²) in [7, 11) is 0. The Labute approximate surface area is 198 Å². The maximum Gasteiger partial charge on any atom is 0.255 e. The molecule has 170 valence electrons. The van der Waals surface area contributed by atoms with Crippen LogP contribution in [0.3, 0.4) is 0 Å². The van der Waals surface area contributed by atoms with Gasteiger partial charge in [0.1, 0.15) is 24.7 Å². The maximum atomic E-state index is 13.5. The number of rotatable bonds is 6. The van der Waals surface area contributed by atoms with E-state index in [9.17, 15) is 4.79 Å². The van der Waals surface area contributed by atoms with Crippen LogP contribution in [0.25, 0.3) is 0 Å². The highest BCUT2D eigenvalue weighted by Crippen LogP contribution is 2.36. The van der Waals surface area contributed by atoms with E-state index in [1.165, 1.54) is 6.33 Å². The van der Waals surface area contributed by atoms with E-state index in [0.717, 1.165) is 33.8 Å². The number of ether oxygens (including phenoxy) is 1. The van der Waals surface area contributed by atoms with Crippen LogP contribution in [-0.4, -0.2) is 20.7 Å². The summed E-state index contributed by atoms with van der Waals surface area (Å²) in [6.07, 6.45) is 1.49. The van der Waals surface area contributed by atoms with E-state index < -0.39 is 6.04 Å². The minimum absolute atomic E-state index is 0.185. The van der Waals surface area contributed by atoms with Gasteiger partial charge in [-0.05, 0) is 48.7 Å². The smallest absolute Gasteiger partial charge is 0.255 e. The van der Waals surface area contributed by atoms with Gasteiger partial charge in [-0.2, -0.15) is 10.1 Å². The van der Waals surface area contributed by atoms with Crippen LogP contribution in [0.15, 0.2) is 96.5 Å². The van der Waals surface area contributed by atoms with Gasteiger partial charge in [-0.3, -0.25) is 4.79 Å². The molecule has 0 spiro atoms. The molecular weight excluding hydrogens is 426 g/mol. The Morgan fingerprint density at radius 1 is 1.00 bits per heavy atom. The van der Waals surface area contributed by atoms with Crippen LogP contribution in [0.5, 0.6) is 5.75 Å². The first kappa shape index (κ1) is 21.5. The standard InChI is InChI=1S/C27H25N5O2/c1-18-8-6-7-11-23(18)31-26(33)24-19(2)30-27-28-17-29-32(27)25(24)21-12-14-22(15-13-21)34-16-20-9-4-3-5-10-20/h3-15,17,25H,16H2,1-2H3,(H,31,33)(H,28,29,30)/t25-/m0/s1.